The van der Waals surface area contributed by atoms with E-state index in [0.29, 0.717) is 49.9 Å². The summed E-state index contributed by atoms with van der Waals surface area (Å²) in [7, 11) is 4.88. The number of methoxy groups -OCH3 is 2. The summed E-state index contributed by atoms with van der Waals surface area (Å²) in [6.07, 6.45) is 3.43. The molecule has 1 aliphatic heterocycles. The highest BCUT2D eigenvalue weighted by Gasteiger charge is 2.24. The van der Waals surface area contributed by atoms with Crippen LogP contribution in [0.1, 0.15) is 12.2 Å². The predicted octanol–water partition coefficient (Wildman–Crippen LogP) is 3.54. The summed E-state index contributed by atoms with van der Waals surface area (Å²) in [5.41, 5.74) is 2.48. The number of hydrogen-bond acceptors (Lipinski definition) is 9. The Morgan fingerprint density at radius 2 is 1.75 bits per heavy atom. The van der Waals surface area contributed by atoms with Gasteiger partial charge in [-0.2, -0.15) is 9.50 Å². The number of nitrogens with zero attached hydrogens (tertiary/aromatic N) is 6. The SMILES string of the molecule is CNc1ncc2cc(-c3c(Cl)c(OC)cc(OC)c3Cl)c3nc(CCCN4CCNCC4)nn3c2n1. The van der Waals surface area contributed by atoms with Crippen LogP contribution in [0.5, 0.6) is 11.5 Å². The number of aromatic nitrogens is 5. The van der Waals surface area contributed by atoms with Gasteiger partial charge in [0.2, 0.25) is 5.95 Å². The Balaban J connectivity index is 1.64. The van der Waals surface area contributed by atoms with Crippen molar-refractivity contribution in [3.05, 3.63) is 34.2 Å². The molecule has 2 N–H and O–H groups in total. The van der Waals surface area contributed by atoms with E-state index < -0.39 is 0 Å². The summed E-state index contributed by atoms with van der Waals surface area (Å²) in [6, 6.07) is 3.59. The number of ether oxygens (including phenoxy) is 2. The minimum absolute atomic E-state index is 0.362. The number of rotatable bonds is 8. The fourth-order valence-electron chi connectivity index (χ4n) is 4.48. The molecular formula is C24H28Cl2N8O2. The minimum atomic E-state index is 0.362. The van der Waals surface area contributed by atoms with Gasteiger partial charge in [-0.25, -0.2) is 9.97 Å². The van der Waals surface area contributed by atoms with Gasteiger partial charge in [0, 0.05) is 68.4 Å². The molecule has 12 heteroatoms. The average molecular weight is 531 g/mol. The van der Waals surface area contributed by atoms with Crippen LogP contribution >= 0.6 is 23.2 Å². The molecule has 36 heavy (non-hydrogen) atoms. The summed E-state index contributed by atoms with van der Waals surface area (Å²) in [5, 5.41) is 12.7. The maximum absolute atomic E-state index is 6.78. The third-order valence-corrected chi connectivity index (χ3v) is 7.09. The van der Waals surface area contributed by atoms with Gasteiger partial charge in [0.05, 0.1) is 24.3 Å². The Morgan fingerprint density at radius 3 is 2.42 bits per heavy atom. The van der Waals surface area contributed by atoms with Gasteiger partial charge in [-0.1, -0.05) is 23.2 Å². The molecule has 1 saturated heterocycles. The molecule has 0 unspecified atom stereocenters. The first-order valence-corrected chi connectivity index (χ1v) is 12.6. The monoisotopic (exact) mass is 530 g/mol. The largest absolute Gasteiger partial charge is 0.495 e. The zero-order valence-corrected chi connectivity index (χ0v) is 21.9. The van der Waals surface area contributed by atoms with Crippen molar-refractivity contribution in [2.45, 2.75) is 12.8 Å². The first-order chi connectivity index (χ1) is 17.5. The Hall–Kier alpha value is -2.92. The number of benzene rings is 1. The molecule has 5 rings (SSSR count). The van der Waals surface area contributed by atoms with Crippen LogP contribution in [0.15, 0.2) is 18.3 Å². The van der Waals surface area contributed by atoms with Gasteiger partial charge in [-0.15, -0.1) is 5.10 Å². The number of hydrogen-bond donors (Lipinski definition) is 2. The van der Waals surface area contributed by atoms with Gasteiger partial charge >= 0.3 is 0 Å². The first kappa shape index (κ1) is 24.8. The van der Waals surface area contributed by atoms with E-state index in [4.69, 9.17) is 42.8 Å². The van der Waals surface area contributed by atoms with E-state index in [0.717, 1.165) is 56.8 Å². The molecule has 0 saturated carbocycles. The third kappa shape index (κ3) is 4.61. The second kappa shape index (κ2) is 10.6. The molecule has 0 bridgehead atoms. The van der Waals surface area contributed by atoms with E-state index >= 15 is 0 Å². The topological polar surface area (TPSA) is 102 Å². The fourth-order valence-corrected chi connectivity index (χ4v) is 5.18. The van der Waals surface area contributed by atoms with Gasteiger partial charge < -0.3 is 25.0 Å². The third-order valence-electron chi connectivity index (χ3n) is 6.34. The molecule has 10 nitrogen and oxygen atoms in total. The molecule has 0 spiro atoms. The lowest BCUT2D eigenvalue weighted by Gasteiger charge is -2.26. The lowest BCUT2D eigenvalue weighted by Crippen LogP contribution is -2.43. The summed E-state index contributed by atoms with van der Waals surface area (Å²) < 4.78 is 12.7. The molecule has 4 heterocycles. The van der Waals surface area contributed by atoms with E-state index in [1.165, 1.54) is 0 Å². The predicted molar refractivity (Wildman–Crippen MR) is 142 cm³/mol. The minimum Gasteiger partial charge on any atom is -0.495 e. The standard InChI is InChI=1S/C24H28Cl2N8O2/c1-27-24-29-13-14-11-15(19-20(25)16(35-2)12-17(36-3)21(19)26)23-30-18(32-34(23)22(14)31-24)5-4-8-33-9-6-28-7-10-33/h11-13,28H,4-10H2,1-3H3,(H,27,29,31). The summed E-state index contributed by atoms with van der Waals surface area (Å²) in [4.78, 5) is 16.4. The van der Waals surface area contributed by atoms with Crippen LogP contribution in [0.4, 0.5) is 5.95 Å². The van der Waals surface area contributed by atoms with Crippen molar-refractivity contribution in [1.29, 1.82) is 0 Å². The van der Waals surface area contributed by atoms with Crippen LogP contribution in [-0.4, -0.2) is 83.5 Å². The van der Waals surface area contributed by atoms with Crippen LogP contribution in [0.3, 0.4) is 0 Å². The van der Waals surface area contributed by atoms with Gasteiger partial charge in [-0.3, -0.25) is 0 Å². The Labute approximate surface area is 218 Å². The zero-order chi connectivity index (χ0) is 25.2. The lowest BCUT2D eigenvalue weighted by molar-refractivity contribution is 0.238. The van der Waals surface area contributed by atoms with Crippen molar-refractivity contribution in [3.63, 3.8) is 0 Å². The number of halogens is 2. The van der Waals surface area contributed by atoms with Crippen LogP contribution in [0.2, 0.25) is 10.0 Å². The quantitative estimate of drug-likeness (QED) is 0.354. The smallest absolute Gasteiger partial charge is 0.224 e. The molecule has 1 fully saturated rings. The first-order valence-electron chi connectivity index (χ1n) is 11.8. The second-order valence-corrected chi connectivity index (χ2v) is 9.28. The Bertz CT molecular complexity index is 1380. The molecular weight excluding hydrogens is 503 g/mol. The highest BCUT2D eigenvalue weighted by molar-refractivity contribution is 6.41. The number of pyridine rings is 1. The lowest BCUT2D eigenvalue weighted by atomic mass is 10.0. The number of fused-ring (bicyclic) bond motifs is 3. The number of aryl methyl sites for hydroxylation is 1. The van der Waals surface area contributed by atoms with Gasteiger partial charge in [0.1, 0.15) is 11.5 Å². The Kier molecular flexibility index (Phi) is 7.29. The number of anilines is 1. The highest BCUT2D eigenvalue weighted by Crippen LogP contribution is 2.47. The molecule has 0 aliphatic carbocycles. The normalized spacial score (nSPS) is 14.5. The molecule has 1 aromatic carbocycles. The zero-order valence-electron chi connectivity index (χ0n) is 20.4. The molecule has 0 radical (unpaired) electrons. The van der Waals surface area contributed by atoms with E-state index in [9.17, 15) is 0 Å². The van der Waals surface area contributed by atoms with E-state index in [1.54, 1.807) is 38.0 Å². The van der Waals surface area contributed by atoms with Crippen LogP contribution < -0.4 is 20.1 Å². The molecule has 0 amide bonds. The molecule has 1 aliphatic rings. The maximum Gasteiger partial charge on any atom is 0.224 e. The van der Waals surface area contributed by atoms with Crippen molar-refractivity contribution < 1.29 is 9.47 Å². The van der Waals surface area contributed by atoms with E-state index in [2.05, 4.69) is 25.5 Å². The molecule has 4 aromatic rings. The maximum atomic E-state index is 6.78. The van der Waals surface area contributed by atoms with Crippen molar-refractivity contribution >= 4 is 45.8 Å². The van der Waals surface area contributed by atoms with E-state index in [1.807, 2.05) is 6.07 Å². The van der Waals surface area contributed by atoms with Gasteiger partial charge in [0.25, 0.3) is 0 Å². The van der Waals surface area contributed by atoms with Gasteiger partial charge in [0.15, 0.2) is 17.1 Å². The molecule has 3 aromatic heterocycles. The Morgan fingerprint density at radius 1 is 1.03 bits per heavy atom. The van der Waals surface area contributed by atoms with Crippen molar-refractivity contribution in [1.82, 2.24) is 34.8 Å². The van der Waals surface area contributed by atoms with E-state index in [-0.39, 0.29) is 0 Å². The second-order valence-electron chi connectivity index (χ2n) is 8.52. The van der Waals surface area contributed by atoms with Crippen molar-refractivity contribution in [2.75, 3.05) is 59.3 Å². The van der Waals surface area contributed by atoms with Crippen molar-refractivity contribution in [3.8, 4) is 22.6 Å². The summed E-state index contributed by atoms with van der Waals surface area (Å²) >= 11 is 13.6. The fraction of sp³-hybridized carbons (Fsp3) is 0.417. The number of nitrogens with one attached hydrogen (secondary N) is 2. The molecule has 0 atom stereocenters. The van der Waals surface area contributed by atoms with Crippen molar-refractivity contribution in [2.24, 2.45) is 0 Å². The summed E-state index contributed by atoms with van der Waals surface area (Å²) in [6.45, 7) is 5.18. The van der Waals surface area contributed by atoms with Crippen LogP contribution in [-0.2, 0) is 6.42 Å². The average Bonchev–Trinajstić information content (AvgIpc) is 3.34. The molecule has 190 valence electrons. The summed E-state index contributed by atoms with van der Waals surface area (Å²) in [5.74, 6) is 2.12. The van der Waals surface area contributed by atoms with Crippen LogP contribution in [0.25, 0.3) is 27.8 Å². The van der Waals surface area contributed by atoms with Crippen LogP contribution in [0, 0.1) is 0 Å². The van der Waals surface area contributed by atoms with Gasteiger partial charge in [-0.05, 0) is 19.0 Å². The number of piperazine rings is 1. The highest BCUT2D eigenvalue weighted by atomic mass is 35.5.